The van der Waals surface area contributed by atoms with Gasteiger partial charge in [0.15, 0.2) is 0 Å². The van der Waals surface area contributed by atoms with Crippen molar-refractivity contribution in [3.8, 4) is 0 Å². The monoisotopic (exact) mass is 184 g/mol. The lowest BCUT2D eigenvalue weighted by Gasteiger charge is -2.40. The molecule has 0 unspecified atom stereocenters. The zero-order chi connectivity index (χ0) is 9.41. The van der Waals surface area contributed by atoms with E-state index in [1.165, 1.54) is 12.8 Å². The zero-order valence-electron chi connectivity index (χ0n) is 9.41. The van der Waals surface area contributed by atoms with E-state index in [0.717, 1.165) is 5.92 Å². The van der Waals surface area contributed by atoms with Gasteiger partial charge < -0.3 is 0 Å². The van der Waals surface area contributed by atoms with Crippen LogP contribution in [0.4, 0.5) is 0 Å². The van der Waals surface area contributed by atoms with E-state index < -0.39 is 8.07 Å². The minimum absolute atomic E-state index is 0.560. The summed E-state index contributed by atoms with van der Waals surface area (Å²) in [5.74, 6) is 1.01. The first-order valence-electron chi connectivity index (χ1n) is 5.31. The standard InChI is InChI=1S/C11H24Si/c1-11(2,3)10-7-6-8-12(4,5)9-10/h10H,6-9H2,1-5H3/t10-/m1/s1. The van der Waals surface area contributed by atoms with Crippen LogP contribution in [0.5, 0.6) is 0 Å². The Labute approximate surface area is 78.8 Å². The van der Waals surface area contributed by atoms with Crippen molar-refractivity contribution >= 4 is 8.07 Å². The number of hydrogen-bond donors (Lipinski definition) is 0. The fourth-order valence-electron chi connectivity index (χ4n) is 2.44. The maximum Gasteiger partial charge on any atom is 0.0476 e. The molecule has 0 aromatic rings. The lowest BCUT2D eigenvalue weighted by atomic mass is 9.79. The van der Waals surface area contributed by atoms with Crippen LogP contribution in [0.2, 0.25) is 25.2 Å². The molecule has 0 aromatic carbocycles. The van der Waals surface area contributed by atoms with E-state index in [9.17, 15) is 0 Å². The van der Waals surface area contributed by atoms with Crippen molar-refractivity contribution in [2.75, 3.05) is 0 Å². The highest BCUT2D eigenvalue weighted by atomic mass is 28.3. The normalized spacial score (nSPS) is 30.2. The molecule has 1 atom stereocenters. The van der Waals surface area contributed by atoms with E-state index in [0.29, 0.717) is 5.41 Å². The Kier molecular flexibility index (Phi) is 2.72. The Bertz CT molecular complexity index is 150. The largest absolute Gasteiger partial charge is 0.0693 e. The highest BCUT2D eigenvalue weighted by Gasteiger charge is 2.35. The Morgan fingerprint density at radius 1 is 1.17 bits per heavy atom. The molecule has 0 N–H and O–H groups in total. The Morgan fingerprint density at radius 2 is 1.75 bits per heavy atom. The molecule has 0 aliphatic carbocycles. The SMILES string of the molecule is CC(C)(C)[C@@H]1CCC[Si](C)(C)C1. The van der Waals surface area contributed by atoms with Crippen molar-refractivity contribution < 1.29 is 0 Å². The summed E-state index contributed by atoms with van der Waals surface area (Å²) in [6, 6.07) is 3.14. The average Bonchev–Trinajstić information content (AvgIpc) is 1.83. The van der Waals surface area contributed by atoms with Crippen molar-refractivity contribution in [1.29, 1.82) is 0 Å². The molecule has 0 saturated carbocycles. The van der Waals surface area contributed by atoms with Gasteiger partial charge in [-0.2, -0.15) is 0 Å². The van der Waals surface area contributed by atoms with Crippen molar-refractivity contribution in [2.45, 2.75) is 58.8 Å². The fourth-order valence-corrected chi connectivity index (χ4v) is 5.95. The Hall–Kier alpha value is 0.217. The predicted molar refractivity (Wildman–Crippen MR) is 59.3 cm³/mol. The zero-order valence-corrected chi connectivity index (χ0v) is 10.4. The van der Waals surface area contributed by atoms with Crippen molar-refractivity contribution in [2.24, 2.45) is 11.3 Å². The predicted octanol–water partition coefficient (Wildman–Crippen LogP) is 4.15. The summed E-state index contributed by atoms with van der Waals surface area (Å²) in [7, 11) is -0.763. The van der Waals surface area contributed by atoms with Crippen LogP contribution in [0.15, 0.2) is 0 Å². The molecule has 1 saturated heterocycles. The molecule has 1 heteroatoms. The molecular formula is C11H24Si. The average molecular weight is 184 g/mol. The number of hydrogen-bond acceptors (Lipinski definition) is 0. The summed E-state index contributed by atoms with van der Waals surface area (Å²) in [4.78, 5) is 0. The van der Waals surface area contributed by atoms with E-state index in [1.54, 1.807) is 12.1 Å². The van der Waals surface area contributed by atoms with Gasteiger partial charge in [-0.25, -0.2) is 0 Å². The molecule has 1 fully saturated rings. The van der Waals surface area contributed by atoms with Crippen molar-refractivity contribution in [3.63, 3.8) is 0 Å². The molecule has 0 aromatic heterocycles. The number of rotatable bonds is 0. The smallest absolute Gasteiger partial charge is 0.0476 e. The second-order valence-corrected chi connectivity index (χ2v) is 11.6. The lowest BCUT2D eigenvalue weighted by molar-refractivity contribution is 0.235. The molecule has 0 amide bonds. The summed E-state index contributed by atoms with van der Waals surface area (Å²) in [5, 5.41) is 0. The van der Waals surface area contributed by atoms with Gasteiger partial charge in [0.05, 0.1) is 0 Å². The highest BCUT2D eigenvalue weighted by Crippen LogP contribution is 2.42. The van der Waals surface area contributed by atoms with Gasteiger partial charge in [-0.3, -0.25) is 0 Å². The molecule has 0 nitrogen and oxygen atoms in total. The van der Waals surface area contributed by atoms with E-state index >= 15 is 0 Å². The van der Waals surface area contributed by atoms with Gasteiger partial charge in [-0.15, -0.1) is 0 Å². The molecular weight excluding hydrogens is 160 g/mol. The van der Waals surface area contributed by atoms with Gasteiger partial charge in [0.1, 0.15) is 0 Å². The van der Waals surface area contributed by atoms with E-state index in [2.05, 4.69) is 33.9 Å². The van der Waals surface area contributed by atoms with Crippen LogP contribution in [-0.2, 0) is 0 Å². The first-order valence-corrected chi connectivity index (χ1v) is 8.73. The van der Waals surface area contributed by atoms with Gasteiger partial charge >= 0.3 is 0 Å². The second-order valence-electron chi connectivity index (χ2n) is 6.32. The summed E-state index contributed by atoms with van der Waals surface area (Å²) < 4.78 is 0. The molecule has 1 aliphatic heterocycles. The third-order valence-corrected chi connectivity index (χ3v) is 6.73. The van der Waals surface area contributed by atoms with Gasteiger partial charge in [0, 0.05) is 8.07 Å². The molecule has 1 rings (SSSR count). The molecule has 1 aliphatic rings. The van der Waals surface area contributed by atoms with Gasteiger partial charge in [-0.1, -0.05) is 58.8 Å². The van der Waals surface area contributed by atoms with E-state index in [1.807, 2.05) is 0 Å². The van der Waals surface area contributed by atoms with Crippen molar-refractivity contribution in [1.82, 2.24) is 0 Å². The Balaban J connectivity index is 2.58. The lowest BCUT2D eigenvalue weighted by Crippen LogP contribution is -2.37. The molecule has 72 valence electrons. The molecule has 0 radical (unpaired) electrons. The molecule has 0 bridgehead atoms. The minimum atomic E-state index is -0.763. The molecule has 1 heterocycles. The van der Waals surface area contributed by atoms with Crippen molar-refractivity contribution in [3.05, 3.63) is 0 Å². The fraction of sp³-hybridized carbons (Fsp3) is 1.00. The summed E-state index contributed by atoms with van der Waals surface area (Å²) in [6.07, 6.45) is 2.99. The topological polar surface area (TPSA) is 0 Å². The van der Waals surface area contributed by atoms with Gasteiger partial charge in [0.2, 0.25) is 0 Å². The van der Waals surface area contributed by atoms with Crippen LogP contribution >= 0.6 is 0 Å². The van der Waals surface area contributed by atoms with Crippen LogP contribution in [0.3, 0.4) is 0 Å². The summed E-state index contributed by atoms with van der Waals surface area (Å²) in [6.45, 7) is 12.4. The third-order valence-electron chi connectivity index (χ3n) is 3.43. The highest BCUT2D eigenvalue weighted by molar-refractivity contribution is 6.77. The van der Waals surface area contributed by atoms with E-state index in [4.69, 9.17) is 0 Å². The van der Waals surface area contributed by atoms with E-state index in [-0.39, 0.29) is 0 Å². The van der Waals surface area contributed by atoms with Crippen LogP contribution in [-0.4, -0.2) is 8.07 Å². The van der Waals surface area contributed by atoms with Crippen LogP contribution < -0.4 is 0 Å². The first kappa shape index (κ1) is 10.3. The van der Waals surface area contributed by atoms with Crippen LogP contribution in [0, 0.1) is 11.3 Å². The third kappa shape index (κ3) is 2.62. The molecule has 12 heavy (non-hydrogen) atoms. The quantitative estimate of drug-likeness (QED) is 0.496. The van der Waals surface area contributed by atoms with Gasteiger partial charge in [0.25, 0.3) is 0 Å². The summed E-state index contributed by atoms with van der Waals surface area (Å²) >= 11 is 0. The second kappa shape index (κ2) is 3.17. The van der Waals surface area contributed by atoms with Crippen LogP contribution in [0.25, 0.3) is 0 Å². The minimum Gasteiger partial charge on any atom is -0.0693 e. The maximum atomic E-state index is 2.56. The maximum absolute atomic E-state index is 2.56. The van der Waals surface area contributed by atoms with Gasteiger partial charge in [-0.05, 0) is 11.3 Å². The Morgan fingerprint density at radius 3 is 2.08 bits per heavy atom. The first-order chi connectivity index (χ1) is 5.31. The summed E-state index contributed by atoms with van der Waals surface area (Å²) in [5.41, 5.74) is 0.560. The van der Waals surface area contributed by atoms with Crippen LogP contribution in [0.1, 0.15) is 33.6 Å². The molecule has 0 spiro atoms.